The molecule has 0 aliphatic rings. The van der Waals surface area contributed by atoms with Gasteiger partial charge in [-0.3, -0.25) is 4.79 Å². The molecule has 0 fully saturated rings. The lowest BCUT2D eigenvalue weighted by Gasteiger charge is -2.33. The summed E-state index contributed by atoms with van der Waals surface area (Å²) in [6.45, 7) is 4.07. The third-order valence-electron chi connectivity index (χ3n) is 3.39. The first-order valence-electron chi connectivity index (χ1n) is 7.18. The summed E-state index contributed by atoms with van der Waals surface area (Å²) in [5, 5.41) is 0. The number of hydrogen-bond acceptors (Lipinski definition) is 4. The maximum Gasteiger partial charge on any atom is 0.573 e. The smallest absolute Gasteiger partial charge is 0.454 e. The van der Waals surface area contributed by atoms with Crippen molar-refractivity contribution in [1.82, 2.24) is 0 Å². The number of para-hydroxylation sites is 1. The van der Waals surface area contributed by atoms with E-state index in [9.17, 15) is 31.1 Å². The summed E-state index contributed by atoms with van der Waals surface area (Å²) in [6, 6.07) is 2.84. The Morgan fingerprint density at radius 3 is 1.88 bits per heavy atom. The van der Waals surface area contributed by atoms with Crippen LogP contribution in [0.5, 0.6) is 11.5 Å². The molecule has 0 heterocycles. The summed E-state index contributed by atoms with van der Waals surface area (Å²) in [6.07, 6.45) is -10.5. The largest absolute Gasteiger partial charge is 0.573 e. The number of esters is 1. The van der Waals surface area contributed by atoms with Gasteiger partial charge in [-0.05, 0) is 18.9 Å². The topological polar surface area (TPSA) is 44.8 Å². The number of benzene rings is 1. The lowest BCUT2D eigenvalue weighted by molar-refractivity contribution is -0.287. The molecule has 0 aliphatic heterocycles. The van der Waals surface area contributed by atoms with Crippen LogP contribution < -0.4 is 9.47 Å². The van der Waals surface area contributed by atoms with Gasteiger partial charge in [-0.1, -0.05) is 26.0 Å². The summed E-state index contributed by atoms with van der Waals surface area (Å²) in [7, 11) is 0. The minimum absolute atomic E-state index is 0.00671. The molecule has 0 aliphatic carbocycles. The normalized spacial score (nSPS) is 12.7. The molecule has 0 saturated heterocycles. The zero-order chi connectivity index (χ0) is 19.5. The molecule has 0 saturated carbocycles. The summed E-state index contributed by atoms with van der Waals surface area (Å²) >= 11 is 0. The lowest BCUT2D eigenvalue weighted by atomic mass is 9.87. The number of carbonyl (C=O) groups excluding carboxylic acids is 1. The zero-order valence-corrected chi connectivity index (χ0v) is 13.5. The molecule has 4 nitrogen and oxygen atoms in total. The molecule has 25 heavy (non-hydrogen) atoms. The Labute approximate surface area is 139 Å². The molecule has 0 spiro atoms. The van der Waals surface area contributed by atoms with Crippen LogP contribution in [0, 0.1) is 0 Å². The van der Waals surface area contributed by atoms with Gasteiger partial charge in [0.2, 0.25) is 0 Å². The van der Waals surface area contributed by atoms with E-state index in [1.807, 2.05) is 0 Å². The molecule has 1 rings (SSSR count). The molecule has 0 bridgehead atoms. The molecule has 0 N–H and O–H groups in total. The fourth-order valence-corrected chi connectivity index (χ4v) is 2.41. The number of hydrogen-bond donors (Lipinski definition) is 0. The molecule has 0 atom stereocenters. The Balaban J connectivity index is 3.61. The average Bonchev–Trinajstić information content (AvgIpc) is 2.43. The SMILES string of the molecule is CCC(CC)(OC(C)=O)c1cccc(OC(F)(F)F)c1OC(F)(F)F. The van der Waals surface area contributed by atoms with E-state index in [0.29, 0.717) is 6.07 Å². The number of rotatable bonds is 6. The number of carbonyl (C=O) groups is 1. The molecule has 1 aromatic rings. The number of halogens is 6. The van der Waals surface area contributed by atoms with Crippen molar-refractivity contribution in [3.05, 3.63) is 23.8 Å². The summed E-state index contributed by atoms with van der Waals surface area (Å²) < 4.78 is 88.3. The first kappa shape index (κ1) is 20.9. The lowest BCUT2D eigenvalue weighted by Crippen LogP contribution is -2.32. The van der Waals surface area contributed by atoms with Gasteiger partial charge in [-0.15, -0.1) is 26.3 Å². The molecule has 10 heteroatoms. The quantitative estimate of drug-likeness (QED) is 0.516. The average molecular weight is 374 g/mol. The number of ether oxygens (including phenoxy) is 3. The Bertz CT molecular complexity index is 605. The molecule has 0 amide bonds. The van der Waals surface area contributed by atoms with Crippen LogP contribution in [0.3, 0.4) is 0 Å². The van der Waals surface area contributed by atoms with Crippen molar-refractivity contribution in [2.24, 2.45) is 0 Å². The zero-order valence-electron chi connectivity index (χ0n) is 13.5. The Hall–Kier alpha value is -2.13. The standard InChI is InChI=1S/C15H16F6O4/c1-4-13(5-2,23-9(3)22)10-7-6-8-11(24-14(16,17)18)12(10)25-15(19,20)21/h6-8H,4-5H2,1-3H3. The maximum atomic E-state index is 12.7. The van der Waals surface area contributed by atoms with Crippen LogP contribution in [-0.4, -0.2) is 18.7 Å². The summed E-state index contributed by atoms with van der Waals surface area (Å²) in [5.41, 5.74) is -1.97. The van der Waals surface area contributed by atoms with Gasteiger partial charge in [0.25, 0.3) is 0 Å². The second kappa shape index (κ2) is 7.40. The first-order valence-corrected chi connectivity index (χ1v) is 7.18. The van der Waals surface area contributed by atoms with Gasteiger partial charge in [0.1, 0.15) is 5.60 Å². The minimum Gasteiger partial charge on any atom is -0.454 e. The van der Waals surface area contributed by atoms with Crippen molar-refractivity contribution in [2.75, 3.05) is 0 Å². The predicted molar refractivity (Wildman–Crippen MR) is 73.8 cm³/mol. The maximum absolute atomic E-state index is 12.7. The van der Waals surface area contributed by atoms with Crippen molar-refractivity contribution >= 4 is 5.97 Å². The third-order valence-corrected chi connectivity index (χ3v) is 3.39. The van der Waals surface area contributed by atoms with E-state index in [-0.39, 0.29) is 18.4 Å². The van der Waals surface area contributed by atoms with Gasteiger partial charge in [-0.25, -0.2) is 0 Å². The monoisotopic (exact) mass is 374 g/mol. The van der Waals surface area contributed by atoms with Crippen molar-refractivity contribution in [1.29, 1.82) is 0 Å². The van der Waals surface area contributed by atoms with Crippen LogP contribution >= 0.6 is 0 Å². The van der Waals surface area contributed by atoms with E-state index < -0.39 is 35.8 Å². The summed E-state index contributed by atoms with van der Waals surface area (Å²) in [4.78, 5) is 11.4. The minimum atomic E-state index is -5.27. The molecular weight excluding hydrogens is 358 g/mol. The Morgan fingerprint density at radius 1 is 0.960 bits per heavy atom. The van der Waals surface area contributed by atoms with Gasteiger partial charge in [-0.2, -0.15) is 0 Å². The van der Waals surface area contributed by atoms with E-state index in [4.69, 9.17) is 4.74 Å². The number of alkyl halides is 6. The highest BCUT2D eigenvalue weighted by Crippen LogP contribution is 2.46. The van der Waals surface area contributed by atoms with Crippen LogP contribution in [0.25, 0.3) is 0 Å². The van der Waals surface area contributed by atoms with Crippen molar-refractivity contribution < 1.29 is 45.3 Å². The van der Waals surface area contributed by atoms with Crippen LogP contribution in [0.15, 0.2) is 18.2 Å². The van der Waals surface area contributed by atoms with E-state index in [1.165, 1.54) is 13.8 Å². The first-order chi connectivity index (χ1) is 11.3. The molecule has 1 aromatic carbocycles. The second-order valence-electron chi connectivity index (χ2n) is 5.02. The van der Waals surface area contributed by atoms with Crippen molar-refractivity contribution in [2.45, 2.75) is 51.9 Å². The van der Waals surface area contributed by atoms with Crippen molar-refractivity contribution in [3.63, 3.8) is 0 Å². The Kier molecular flexibility index (Phi) is 6.19. The van der Waals surface area contributed by atoms with Gasteiger partial charge >= 0.3 is 18.7 Å². The third kappa shape index (κ3) is 5.71. The second-order valence-corrected chi connectivity index (χ2v) is 5.02. The molecule has 0 unspecified atom stereocenters. The van der Waals surface area contributed by atoms with E-state index in [2.05, 4.69) is 9.47 Å². The highest BCUT2D eigenvalue weighted by atomic mass is 19.4. The Morgan fingerprint density at radius 2 is 1.48 bits per heavy atom. The van der Waals surface area contributed by atoms with Crippen molar-refractivity contribution in [3.8, 4) is 11.5 Å². The highest BCUT2D eigenvalue weighted by molar-refractivity contribution is 5.67. The van der Waals surface area contributed by atoms with Crippen LogP contribution in [-0.2, 0) is 15.1 Å². The molecule has 0 aromatic heterocycles. The van der Waals surface area contributed by atoms with E-state index >= 15 is 0 Å². The predicted octanol–water partition coefficient (Wildman–Crippen LogP) is 5.06. The van der Waals surface area contributed by atoms with Gasteiger partial charge in [0.05, 0.1) is 0 Å². The highest BCUT2D eigenvalue weighted by Gasteiger charge is 2.42. The van der Waals surface area contributed by atoms with Crippen LogP contribution in [0.1, 0.15) is 39.2 Å². The molecular formula is C15H16F6O4. The van der Waals surface area contributed by atoms with Gasteiger partial charge < -0.3 is 14.2 Å². The molecule has 142 valence electrons. The van der Waals surface area contributed by atoms with Crippen LogP contribution in [0.4, 0.5) is 26.3 Å². The van der Waals surface area contributed by atoms with Gasteiger partial charge in [0.15, 0.2) is 11.5 Å². The van der Waals surface area contributed by atoms with Crippen LogP contribution in [0.2, 0.25) is 0 Å². The summed E-state index contributed by atoms with van der Waals surface area (Å²) in [5.74, 6) is -3.18. The molecule has 0 radical (unpaired) electrons. The fourth-order valence-electron chi connectivity index (χ4n) is 2.41. The van der Waals surface area contributed by atoms with E-state index in [0.717, 1.165) is 19.1 Å². The fraction of sp³-hybridized carbons (Fsp3) is 0.533. The van der Waals surface area contributed by atoms with Gasteiger partial charge in [0, 0.05) is 12.5 Å². The van der Waals surface area contributed by atoms with E-state index in [1.54, 1.807) is 0 Å².